The molecule has 3 rings (SSSR count). The van der Waals surface area contributed by atoms with Crippen molar-refractivity contribution < 1.29 is 9.53 Å². The van der Waals surface area contributed by atoms with Crippen LogP contribution in [0.2, 0.25) is 5.02 Å². The predicted molar refractivity (Wildman–Crippen MR) is 103 cm³/mol. The van der Waals surface area contributed by atoms with Crippen LogP contribution in [0.5, 0.6) is 10.9 Å². The highest BCUT2D eigenvalue weighted by Gasteiger charge is 2.16. The van der Waals surface area contributed by atoms with Crippen molar-refractivity contribution in [3.63, 3.8) is 0 Å². The molecule has 1 amide bonds. The Morgan fingerprint density at radius 3 is 2.56 bits per heavy atom. The minimum absolute atomic E-state index is 0.0201. The van der Waals surface area contributed by atoms with Gasteiger partial charge in [-0.05, 0) is 56.7 Å². The average molecular weight is 375 g/mol. The second-order valence-electron chi connectivity index (χ2n) is 6.15. The molecular formula is C19H19ClN2O2S. The van der Waals surface area contributed by atoms with Crippen LogP contribution in [0.4, 0.5) is 0 Å². The van der Waals surface area contributed by atoms with Gasteiger partial charge in [0.15, 0.2) is 0 Å². The van der Waals surface area contributed by atoms with Gasteiger partial charge in [0.25, 0.3) is 5.19 Å². The summed E-state index contributed by atoms with van der Waals surface area (Å²) in [6, 6.07) is 13.2. The highest BCUT2D eigenvalue weighted by Crippen LogP contribution is 2.33. The van der Waals surface area contributed by atoms with E-state index in [-0.39, 0.29) is 17.9 Å². The van der Waals surface area contributed by atoms with Gasteiger partial charge in [0.05, 0.1) is 16.1 Å². The fourth-order valence-corrected chi connectivity index (χ4v) is 3.52. The van der Waals surface area contributed by atoms with E-state index >= 15 is 0 Å². The summed E-state index contributed by atoms with van der Waals surface area (Å²) in [5.41, 5.74) is 1.81. The van der Waals surface area contributed by atoms with E-state index in [1.54, 1.807) is 0 Å². The molecule has 0 bridgehead atoms. The van der Waals surface area contributed by atoms with Crippen LogP contribution in [0.3, 0.4) is 0 Å². The van der Waals surface area contributed by atoms with Crippen molar-refractivity contribution in [3.05, 3.63) is 53.1 Å². The van der Waals surface area contributed by atoms with Crippen LogP contribution < -0.4 is 10.1 Å². The van der Waals surface area contributed by atoms with Gasteiger partial charge in [-0.15, -0.1) is 0 Å². The van der Waals surface area contributed by atoms with E-state index in [9.17, 15) is 4.79 Å². The van der Waals surface area contributed by atoms with Crippen LogP contribution in [0.1, 0.15) is 32.3 Å². The molecule has 0 spiro atoms. The van der Waals surface area contributed by atoms with Gasteiger partial charge in [-0.2, -0.15) is 0 Å². The number of fused-ring (bicyclic) bond motifs is 1. The predicted octanol–water partition coefficient (Wildman–Crippen LogP) is 5.37. The number of hydrogen-bond donors (Lipinski definition) is 1. The van der Waals surface area contributed by atoms with E-state index in [4.69, 9.17) is 16.3 Å². The molecule has 0 aliphatic heterocycles. The van der Waals surface area contributed by atoms with E-state index in [0.29, 0.717) is 16.0 Å². The standard InChI is InChI=1S/C19H19ClN2O2S/c1-11(2)21-18(23)12(3)13-4-7-15(8-5-13)24-19-22-16-9-6-14(20)10-17(16)25-19/h4-12H,1-3H3,(H,21,23). The van der Waals surface area contributed by atoms with Crippen LogP contribution in [0.25, 0.3) is 10.2 Å². The normalized spacial score (nSPS) is 12.4. The maximum atomic E-state index is 12.1. The van der Waals surface area contributed by atoms with E-state index in [0.717, 1.165) is 15.8 Å². The first-order valence-electron chi connectivity index (χ1n) is 8.06. The lowest BCUT2D eigenvalue weighted by Gasteiger charge is -2.15. The average Bonchev–Trinajstić information content (AvgIpc) is 2.95. The van der Waals surface area contributed by atoms with Crippen molar-refractivity contribution in [1.29, 1.82) is 0 Å². The van der Waals surface area contributed by atoms with Crippen molar-refractivity contribution >= 4 is 39.1 Å². The van der Waals surface area contributed by atoms with E-state index in [1.165, 1.54) is 11.3 Å². The molecule has 0 aliphatic carbocycles. The van der Waals surface area contributed by atoms with Crippen LogP contribution in [-0.4, -0.2) is 16.9 Å². The van der Waals surface area contributed by atoms with Crippen molar-refractivity contribution in [2.45, 2.75) is 32.7 Å². The molecule has 0 radical (unpaired) electrons. The summed E-state index contributed by atoms with van der Waals surface area (Å²) < 4.78 is 6.81. The molecule has 130 valence electrons. The number of amides is 1. The van der Waals surface area contributed by atoms with Crippen molar-refractivity contribution in [1.82, 2.24) is 10.3 Å². The lowest BCUT2D eigenvalue weighted by molar-refractivity contribution is -0.122. The Bertz CT molecular complexity index is 890. The second-order valence-corrected chi connectivity index (χ2v) is 7.58. The van der Waals surface area contributed by atoms with Crippen LogP contribution >= 0.6 is 22.9 Å². The molecule has 1 atom stereocenters. The first-order valence-corrected chi connectivity index (χ1v) is 9.26. The Balaban J connectivity index is 1.72. The number of ether oxygens (including phenoxy) is 1. The van der Waals surface area contributed by atoms with Crippen molar-refractivity contribution in [2.24, 2.45) is 0 Å². The summed E-state index contributed by atoms with van der Waals surface area (Å²) in [5.74, 6) is 0.498. The second kappa shape index (κ2) is 7.42. The molecule has 0 saturated carbocycles. The largest absolute Gasteiger partial charge is 0.431 e. The third-order valence-corrected chi connectivity index (χ3v) is 4.87. The van der Waals surface area contributed by atoms with Gasteiger partial charge in [-0.25, -0.2) is 4.98 Å². The van der Waals surface area contributed by atoms with E-state index in [2.05, 4.69) is 10.3 Å². The number of nitrogens with one attached hydrogen (secondary N) is 1. The minimum atomic E-state index is -0.207. The number of hydrogen-bond acceptors (Lipinski definition) is 4. The molecule has 3 aromatic rings. The van der Waals surface area contributed by atoms with Gasteiger partial charge >= 0.3 is 0 Å². The topological polar surface area (TPSA) is 51.2 Å². The molecule has 0 fully saturated rings. The summed E-state index contributed by atoms with van der Waals surface area (Å²) in [6.07, 6.45) is 0. The van der Waals surface area contributed by atoms with Crippen molar-refractivity contribution in [2.75, 3.05) is 0 Å². The lowest BCUT2D eigenvalue weighted by Crippen LogP contribution is -2.33. The summed E-state index contributed by atoms with van der Waals surface area (Å²) in [7, 11) is 0. The fourth-order valence-electron chi connectivity index (χ4n) is 2.41. The fraction of sp³-hybridized carbons (Fsp3) is 0.263. The molecule has 0 saturated heterocycles. The number of benzene rings is 2. The molecular weight excluding hydrogens is 356 g/mol. The Hall–Kier alpha value is -2.11. The zero-order chi connectivity index (χ0) is 18.0. The molecule has 1 aromatic heterocycles. The highest BCUT2D eigenvalue weighted by molar-refractivity contribution is 7.20. The third-order valence-electron chi connectivity index (χ3n) is 3.74. The number of rotatable bonds is 5. The molecule has 0 aliphatic rings. The minimum Gasteiger partial charge on any atom is -0.431 e. The van der Waals surface area contributed by atoms with Gasteiger partial charge in [0.2, 0.25) is 5.91 Å². The number of thiazole rings is 1. The Morgan fingerprint density at radius 1 is 1.16 bits per heavy atom. The maximum Gasteiger partial charge on any atom is 0.279 e. The molecule has 1 N–H and O–H groups in total. The summed E-state index contributed by atoms with van der Waals surface area (Å²) >= 11 is 7.44. The summed E-state index contributed by atoms with van der Waals surface area (Å²) in [6.45, 7) is 5.80. The first kappa shape index (κ1) is 17.7. The molecule has 6 heteroatoms. The molecule has 1 unspecified atom stereocenters. The van der Waals surface area contributed by atoms with Crippen LogP contribution in [0.15, 0.2) is 42.5 Å². The number of carbonyl (C=O) groups excluding carboxylic acids is 1. The molecule has 1 heterocycles. The van der Waals surface area contributed by atoms with Crippen LogP contribution in [0, 0.1) is 0 Å². The Labute approximate surface area is 155 Å². The molecule has 2 aromatic carbocycles. The van der Waals surface area contributed by atoms with Gasteiger partial charge in [0, 0.05) is 11.1 Å². The maximum absolute atomic E-state index is 12.1. The van der Waals surface area contributed by atoms with Gasteiger partial charge in [-0.1, -0.05) is 35.1 Å². The zero-order valence-electron chi connectivity index (χ0n) is 14.2. The van der Waals surface area contributed by atoms with E-state index in [1.807, 2.05) is 63.2 Å². The SMILES string of the molecule is CC(C)NC(=O)C(C)c1ccc(Oc2nc3ccc(Cl)cc3s2)cc1. The smallest absolute Gasteiger partial charge is 0.279 e. The first-order chi connectivity index (χ1) is 11.9. The molecule has 25 heavy (non-hydrogen) atoms. The van der Waals surface area contributed by atoms with Crippen LogP contribution in [-0.2, 0) is 4.79 Å². The third kappa shape index (κ3) is 4.30. The highest BCUT2D eigenvalue weighted by atomic mass is 35.5. The monoisotopic (exact) mass is 374 g/mol. The number of nitrogens with zero attached hydrogens (tertiary/aromatic N) is 1. The number of halogens is 1. The molecule has 4 nitrogen and oxygen atoms in total. The summed E-state index contributed by atoms with van der Waals surface area (Å²) in [4.78, 5) is 16.5. The Morgan fingerprint density at radius 2 is 1.88 bits per heavy atom. The van der Waals surface area contributed by atoms with E-state index < -0.39 is 0 Å². The van der Waals surface area contributed by atoms with Crippen molar-refractivity contribution in [3.8, 4) is 10.9 Å². The number of aromatic nitrogens is 1. The zero-order valence-corrected chi connectivity index (χ0v) is 15.8. The Kier molecular flexibility index (Phi) is 5.25. The quantitative estimate of drug-likeness (QED) is 0.653. The lowest BCUT2D eigenvalue weighted by atomic mass is 10.00. The van der Waals surface area contributed by atoms with Gasteiger partial charge < -0.3 is 10.1 Å². The van der Waals surface area contributed by atoms with Gasteiger partial charge in [0.1, 0.15) is 5.75 Å². The number of carbonyl (C=O) groups is 1. The summed E-state index contributed by atoms with van der Waals surface area (Å²) in [5, 5.41) is 4.17. The van der Waals surface area contributed by atoms with Gasteiger partial charge in [-0.3, -0.25) is 4.79 Å².